The molecule has 1 unspecified atom stereocenters. The maximum atomic E-state index is 13.2. The molecule has 2 heterocycles. The smallest absolute Gasteiger partial charge is 0.168 e. The second kappa shape index (κ2) is 6.30. The lowest BCUT2D eigenvalue weighted by molar-refractivity contribution is 0.250. The van der Waals surface area contributed by atoms with Crippen molar-refractivity contribution < 1.29 is 9.13 Å². The number of nitrogens with one attached hydrogen (secondary N) is 1. The minimum absolute atomic E-state index is 0.164. The van der Waals surface area contributed by atoms with E-state index in [9.17, 15) is 4.39 Å². The van der Waals surface area contributed by atoms with Crippen LogP contribution in [0.1, 0.15) is 43.8 Å². The van der Waals surface area contributed by atoms with Crippen LogP contribution in [0.5, 0.6) is 11.5 Å². The normalized spacial score (nSPS) is 22.2. The molecule has 6 heteroatoms. The van der Waals surface area contributed by atoms with Crippen molar-refractivity contribution in [2.24, 2.45) is 5.41 Å². The van der Waals surface area contributed by atoms with Crippen LogP contribution in [0.2, 0.25) is 5.02 Å². The zero-order valence-corrected chi connectivity index (χ0v) is 14.0. The number of rotatable bonds is 3. The lowest BCUT2D eigenvalue weighted by Crippen LogP contribution is -2.27. The Hall–Kier alpha value is -1.72. The van der Waals surface area contributed by atoms with Gasteiger partial charge >= 0.3 is 0 Å². The van der Waals surface area contributed by atoms with E-state index in [0.29, 0.717) is 11.5 Å². The molecule has 24 heavy (non-hydrogen) atoms. The Morgan fingerprint density at radius 3 is 2.83 bits per heavy atom. The fourth-order valence-electron chi connectivity index (χ4n) is 4.13. The van der Waals surface area contributed by atoms with Gasteiger partial charge in [0.1, 0.15) is 23.6 Å². The Labute approximate surface area is 145 Å². The van der Waals surface area contributed by atoms with Crippen LogP contribution in [-0.4, -0.2) is 16.5 Å². The van der Waals surface area contributed by atoms with Gasteiger partial charge in [0.05, 0.1) is 17.3 Å². The van der Waals surface area contributed by atoms with Gasteiger partial charge in [-0.1, -0.05) is 24.4 Å². The van der Waals surface area contributed by atoms with E-state index in [2.05, 4.69) is 15.3 Å². The second-order valence-corrected chi connectivity index (χ2v) is 7.06. The van der Waals surface area contributed by atoms with Crippen molar-refractivity contribution in [3.63, 3.8) is 0 Å². The molecular weight excluding hydrogens is 329 g/mol. The predicted molar refractivity (Wildman–Crippen MR) is 89.8 cm³/mol. The molecule has 0 amide bonds. The van der Waals surface area contributed by atoms with E-state index in [1.54, 1.807) is 12.5 Å². The van der Waals surface area contributed by atoms with Crippen LogP contribution in [0.3, 0.4) is 0 Å². The summed E-state index contributed by atoms with van der Waals surface area (Å²) in [4.78, 5) is 8.60. The summed E-state index contributed by atoms with van der Waals surface area (Å²) in [6, 6.07) is 4.27. The Bertz CT molecular complexity index is 743. The van der Waals surface area contributed by atoms with Crippen molar-refractivity contribution in [2.45, 2.75) is 38.1 Å². The lowest BCUT2D eigenvalue weighted by atomic mass is 9.77. The summed E-state index contributed by atoms with van der Waals surface area (Å²) in [5.74, 6) is 0.600. The Morgan fingerprint density at radius 2 is 2.04 bits per heavy atom. The summed E-state index contributed by atoms with van der Waals surface area (Å²) in [5.41, 5.74) is 1.13. The standard InChI is InChI=1S/C18H19ClFN3O/c19-13-9-12(20)3-4-14(13)24-15-10-21-11-23-16(15)17-18(7-8-22-17)5-1-2-6-18/h3-4,9-11,17,22H,1-2,5-8H2. The molecule has 1 atom stereocenters. The molecule has 1 aromatic carbocycles. The molecule has 1 aliphatic heterocycles. The van der Waals surface area contributed by atoms with E-state index in [-0.39, 0.29) is 22.3 Å². The molecule has 2 fully saturated rings. The first kappa shape index (κ1) is 15.8. The van der Waals surface area contributed by atoms with Gasteiger partial charge in [0.15, 0.2) is 5.75 Å². The van der Waals surface area contributed by atoms with Gasteiger partial charge in [-0.2, -0.15) is 0 Å². The third-order valence-corrected chi connectivity index (χ3v) is 5.57. The fraction of sp³-hybridized carbons (Fsp3) is 0.444. The van der Waals surface area contributed by atoms with Gasteiger partial charge < -0.3 is 10.1 Å². The molecular formula is C18H19ClFN3O. The predicted octanol–water partition coefficient (Wildman–Crippen LogP) is 4.66. The number of aromatic nitrogens is 2. The molecule has 1 spiro atoms. The summed E-state index contributed by atoms with van der Waals surface area (Å²) < 4.78 is 19.2. The van der Waals surface area contributed by atoms with E-state index in [1.165, 1.54) is 50.3 Å². The number of hydrogen-bond acceptors (Lipinski definition) is 4. The third kappa shape index (κ3) is 2.76. The molecule has 1 saturated heterocycles. The Balaban J connectivity index is 1.68. The summed E-state index contributed by atoms with van der Waals surface area (Å²) in [6.07, 6.45) is 9.34. The highest BCUT2D eigenvalue weighted by Gasteiger charge is 2.46. The minimum Gasteiger partial charge on any atom is -0.452 e. The summed E-state index contributed by atoms with van der Waals surface area (Å²) in [6.45, 7) is 0.991. The lowest BCUT2D eigenvalue weighted by Gasteiger charge is -2.30. The first-order valence-electron chi connectivity index (χ1n) is 8.34. The zero-order valence-electron chi connectivity index (χ0n) is 13.3. The van der Waals surface area contributed by atoms with Crippen LogP contribution in [0.4, 0.5) is 4.39 Å². The molecule has 0 bridgehead atoms. The molecule has 1 saturated carbocycles. The van der Waals surface area contributed by atoms with Gasteiger partial charge in [-0.25, -0.2) is 14.4 Å². The van der Waals surface area contributed by atoms with Crippen LogP contribution < -0.4 is 10.1 Å². The Kier molecular flexibility index (Phi) is 4.14. The van der Waals surface area contributed by atoms with Crippen LogP contribution in [-0.2, 0) is 0 Å². The molecule has 1 N–H and O–H groups in total. The minimum atomic E-state index is -0.390. The first-order chi connectivity index (χ1) is 11.7. The van der Waals surface area contributed by atoms with Crippen molar-refractivity contribution >= 4 is 11.6 Å². The van der Waals surface area contributed by atoms with Crippen LogP contribution in [0.25, 0.3) is 0 Å². The van der Waals surface area contributed by atoms with E-state index < -0.39 is 0 Å². The van der Waals surface area contributed by atoms with Gasteiger partial charge in [-0.15, -0.1) is 0 Å². The fourth-order valence-corrected chi connectivity index (χ4v) is 4.33. The van der Waals surface area contributed by atoms with Crippen molar-refractivity contribution in [1.29, 1.82) is 0 Å². The summed E-state index contributed by atoms with van der Waals surface area (Å²) in [5, 5.41) is 3.83. The molecule has 4 nitrogen and oxygen atoms in total. The van der Waals surface area contributed by atoms with E-state index in [1.807, 2.05) is 0 Å². The van der Waals surface area contributed by atoms with Crippen LogP contribution >= 0.6 is 11.6 Å². The van der Waals surface area contributed by atoms with Crippen molar-refractivity contribution in [2.75, 3.05) is 6.54 Å². The van der Waals surface area contributed by atoms with E-state index >= 15 is 0 Å². The average molecular weight is 348 g/mol. The highest BCUT2D eigenvalue weighted by Crippen LogP contribution is 2.53. The maximum Gasteiger partial charge on any atom is 0.168 e. The molecule has 1 aromatic heterocycles. The SMILES string of the molecule is Fc1ccc(Oc2cncnc2C2NCCC23CCCC3)c(Cl)c1. The highest BCUT2D eigenvalue weighted by molar-refractivity contribution is 6.32. The number of ether oxygens (including phenoxy) is 1. The molecule has 1 aliphatic carbocycles. The van der Waals surface area contributed by atoms with E-state index in [0.717, 1.165) is 12.2 Å². The maximum absolute atomic E-state index is 13.2. The first-order valence-corrected chi connectivity index (χ1v) is 8.72. The van der Waals surface area contributed by atoms with Gasteiger partial charge in [0.2, 0.25) is 0 Å². The molecule has 2 aliphatic rings. The largest absolute Gasteiger partial charge is 0.452 e. The van der Waals surface area contributed by atoms with Crippen molar-refractivity contribution in [1.82, 2.24) is 15.3 Å². The number of benzene rings is 1. The average Bonchev–Trinajstić information content (AvgIpc) is 3.21. The van der Waals surface area contributed by atoms with Crippen LogP contribution in [0.15, 0.2) is 30.7 Å². The molecule has 2 aromatic rings. The number of hydrogen-bond donors (Lipinski definition) is 1. The highest BCUT2D eigenvalue weighted by atomic mass is 35.5. The van der Waals surface area contributed by atoms with Gasteiger partial charge in [-0.3, -0.25) is 0 Å². The third-order valence-electron chi connectivity index (χ3n) is 5.28. The second-order valence-electron chi connectivity index (χ2n) is 6.66. The van der Waals surface area contributed by atoms with Gasteiger partial charge in [0.25, 0.3) is 0 Å². The quantitative estimate of drug-likeness (QED) is 0.877. The topological polar surface area (TPSA) is 47.0 Å². The molecule has 126 valence electrons. The summed E-state index contributed by atoms with van der Waals surface area (Å²) >= 11 is 6.09. The van der Waals surface area contributed by atoms with Gasteiger partial charge in [0, 0.05) is 0 Å². The molecule has 0 radical (unpaired) electrons. The van der Waals surface area contributed by atoms with Crippen molar-refractivity contribution in [3.8, 4) is 11.5 Å². The van der Waals surface area contributed by atoms with Crippen molar-refractivity contribution in [3.05, 3.63) is 47.3 Å². The van der Waals surface area contributed by atoms with Gasteiger partial charge in [-0.05, 0) is 49.4 Å². The van der Waals surface area contributed by atoms with E-state index in [4.69, 9.17) is 16.3 Å². The number of halogens is 2. The number of nitrogens with zero attached hydrogens (tertiary/aromatic N) is 2. The monoisotopic (exact) mass is 347 g/mol. The summed E-state index contributed by atoms with van der Waals surface area (Å²) in [7, 11) is 0. The Morgan fingerprint density at radius 1 is 1.21 bits per heavy atom. The van der Waals surface area contributed by atoms with Crippen LogP contribution in [0, 0.1) is 11.2 Å². The zero-order chi connectivity index (χ0) is 16.6. The molecule has 4 rings (SSSR count).